The number of nitrogens with one attached hydrogen (secondary N) is 2. The van der Waals surface area contributed by atoms with Crippen LogP contribution in [-0.2, 0) is 0 Å². The van der Waals surface area contributed by atoms with E-state index in [2.05, 4.69) is 10.3 Å². The molecule has 0 saturated carbocycles. The Morgan fingerprint density at radius 3 is 2.33 bits per heavy atom. The van der Waals surface area contributed by atoms with Crippen molar-refractivity contribution in [2.24, 2.45) is 0 Å². The molecule has 4 nitrogen and oxygen atoms in total. The molecular formula is C20H17F3N2O2. The zero-order valence-corrected chi connectivity index (χ0v) is 14.4. The van der Waals surface area contributed by atoms with Gasteiger partial charge in [-0.15, -0.1) is 0 Å². The first-order valence-electron chi connectivity index (χ1n) is 8.29. The molecule has 0 bridgehead atoms. The predicted molar refractivity (Wildman–Crippen MR) is 96.6 cm³/mol. The van der Waals surface area contributed by atoms with Crippen LogP contribution in [0.4, 0.5) is 13.2 Å². The number of aromatic nitrogens is 1. The number of fused-ring (bicyclic) bond motifs is 1. The number of benzene rings is 2. The van der Waals surface area contributed by atoms with Gasteiger partial charge >= 0.3 is 6.18 Å². The number of aromatic amines is 1. The zero-order chi connectivity index (χ0) is 19.6. The Kier molecular flexibility index (Phi) is 5.03. The van der Waals surface area contributed by atoms with Gasteiger partial charge in [0.25, 0.3) is 11.5 Å². The van der Waals surface area contributed by atoms with Gasteiger partial charge < -0.3 is 10.3 Å². The fourth-order valence-corrected chi connectivity index (χ4v) is 2.92. The molecule has 2 aromatic carbocycles. The third kappa shape index (κ3) is 4.36. The number of carbonyl (C=O) groups is 1. The van der Waals surface area contributed by atoms with Crippen LogP contribution in [-0.4, -0.2) is 17.1 Å². The van der Waals surface area contributed by atoms with Gasteiger partial charge in [-0.3, -0.25) is 9.59 Å². The molecular weight excluding hydrogens is 357 g/mol. The third-order valence-electron chi connectivity index (χ3n) is 4.27. The lowest BCUT2D eigenvalue weighted by atomic mass is 10.0. The molecule has 7 heteroatoms. The second-order valence-corrected chi connectivity index (χ2v) is 6.33. The Bertz CT molecular complexity index is 1020. The molecule has 0 unspecified atom stereocenters. The summed E-state index contributed by atoms with van der Waals surface area (Å²) in [5.41, 5.74) is 1.01. The van der Waals surface area contributed by atoms with Crippen molar-refractivity contribution < 1.29 is 18.0 Å². The SMILES string of the molecule is Cc1ccc([C@H](CC(F)(F)F)NC(=O)c2c[nH]c(=O)c3ccccc23)cc1. The van der Waals surface area contributed by atoms with Crippen molar-refractivity contribution in [3.05, 3.63) is 81.8 Å². The normalized spacial score (nSPS) is 12.7. The van der Waals surface area contributed by atoms with E-state index in [1.165, 1.54) is 6.20 Å². The zero-order valence-electron chi connectivity index (χ0n) is 14.4. The highest BCUT2D eigenvalue weighted by molar-refractivity contribution is 6.06. The number of H-pyrrole nitrogens is 1. The minimum absolute atomic E-state index is 0.115. The summed E-state index contributed by atoms with van der Waals surface area (Å²) in [5, 5.41) is 3.14. The van der Waals surface area contributed by atoms with Gasteiger partial charge in [0, 0.05) is 17.0 Å². The second-order valence-electron chi connectivity index (χ2n) is 6.33. The smallest absolute Gasteiger partial charge is 0.345 e. The molecule has 0 saturated heterocycles. The van der Waals surface area contributed by atoms with E-state index in [1.54, 1.807) is 48.5 Å². The number of alkyl halides is 3. The van der Waals surface area contributed by atoms with E-state index in [9.17, 15) is 22.8 Å². The summed E-state index contributed by atoms with van der Waals surface area (Å²) in [7, 11) is 0. The molecule has 0 fully saturated rings. The molecule has 27 heavy (non-hydrogen) atoms. The molecule has 1 amide bonds. The summed E-state index contributed by atoms with van der Waals surface area (Å²) in [6, 6.07) is 11.7. The van der Waals surface area contributed by atoms with E-state index in [0.29, 0.717) is 16.3 Å². The van der Waals surface area contributed by atoms with Gasteiger partial charge in [0.1, 0.15) is 0 Å². The number of aryl methyl sites for hydroxylation is 1. The Balaban J connectivity index is 1.96. The first-order valence-corrected chi connectivity index (χ1v) is 8.29. The lowest BCUT2D eigenvalue weighted by molar-refractivity contribution is -0.139. The van der Waals surface area contributed by atoms with Crippen LogP contribution in [0.1, 0.15) is 33.9 Å². The number of amides is 1. The van der Waals surface area contributed by atoms with Crippen molar-refractivity contribution >= 4 is 16.7 Å². The van der Waals surface area contributed by atoms with Crippen LogP contribution in [0.25, 0.3) is 10.8 Å². The summed E-state index contributed by atoms with van der Waals surface area (Å²) in [6.45, 7) is 1.83. The van der Waals surface area contributed by atoms with Crippen LogP contribution in [0.15, 0.2) is 59.5 Å². The van der Waals surface area contributed by atoms with E-state index >= 15 is 0 Å². The average molecular weight is 374 g/mol. The molecule has 0 aliphatic heterocycles. The maximum absolute atomic E-state index is 13.0. The summed E-state index contributed by atoms with van der Waals surface area (Å²) >= 11 is 0. The Hall–Kier alpha value is -3.09. The van der Waals surface area contributed by atoms with Crippen LogP contribution in [0, 0.1) is 6.92 Å². The van der Waals surface area contributed by atoms with Gasteiger partial charge in [-0.2, -0.15) is 13.2 Å². The van der Waals surface area contributed by atoms with Gasteiger partial charge in [0.05, 0.1) is 18.0 Å². The standard InChI is InChI=1S/C20H17F3N2O2/c1-12-6-8-13(9-7-12)17(10-20(21,22)23)25-19(27)16-11-24-18(26)15-5-3-2-4-14(15)16/h2-9,11,17H,10H2,1H3,(H,24,26)(H,25,27)/t17-/m0/s1. The number of hydrogen-bond donors (Lipinski definition) is 2. The van der Waals surface area contributed by atoms with Gasteiger partial charge in [0.15, 0.2) is 0 Å². The highest BCUT2D eigenvalue weighted by Crippen LogP contribution is 2.30. The lowest BCUT2D eigenvalue weighted by Gasteiger charge is -2.21. The van der Waals surface area contributed by atoms with E-state index in [1.807, 2.05) is 6.92 Å². The minimum atomic E-state index is -4.45. The maximum Gasteiger partial charge on any atom is 0.391 e. The van der Waals surface area contributed by atoms with Crippen molar-refractivity contribution in [2.75, 3.05) is 0 Å². The molecule has 3 rings (SSSR count). The molecule has 1 aromatic heterocycles. The fourth-order valence-electron chi connectivity index (χ4n) is 2.92. The van der Waals surface area contributed by atoms with Crippen LogP contribution in [0.3, 0.4) is 0 Å². The minimum Gasteiger partial charge on any atom is -0.345 e. The Labute approximate surface area is 153 Å². The topological polar surface area (TPSA) is 62.0 Å². The molecule has 140 valence electrons. The first-order chi connectivity index (χ1) is 12.7. The molecule has 0 aliphatic carbocycles. The van der Waals surface area contributed by atoms with E-state index in [4.69, 9.17) is 0 Å². The molecule has 3 aromatic rings. The van der Waals surface area contributed by atoms with Crippen molar-refractivity contribution in [1.29, 1.82) is 0 Å². The fraction of sp³-hybridized carbons (Fsp3) is 0.200. The number of carbonyl (C=O) groups excluding carboxylic acids is 1. The van der Waals surface area contributed by atoms with Gasteiger partial charge in [-0.05, 0) is 18.6 Å². The third-order valence-corrected chi connectivity index (χ3v) is 4.27. The average Bonchev–Trinajstić information content (AvgIpc) is 2.61. The molecule has 0 aliphatic rings. The maximum atomic E-state index is 13.0. The lowest BCUT2D eigenvalue weighted by Crippen LogP contribution is -2.32. The summed E-state index contributed by atoms with van der Waals surface area (Å²) in [4.78, 5) is 27.0. The first kappa shape index (κ1) is 18.7. The van der Waals surface area contributed by atoms with Crippen molar-refractivity contribution in [3.8, 4) is 0 Å². The largest absolute Gasteiger partial charge is 0.391 e. The number of pyridine rings is 1. The van der Waals surface area contributed by atoms with E-state index < -0.39 is 24.5 Å². The Morgan fingerprint density at radius 2 is 1.70 bits per heavy atom. The van der Waals surface area contributed by atoms with Crippen LogP contribution >= 0.6 is 0 Å². The Morgan fingerprint density at radius 1 is 1.07 bits per heavy atom. The van der Waals surface area contributed by atoms with Gasteiger partial charge in [-0.25, -0.2) is 0 Å². The van der Waals surface area contributed by atoms with E-state index in [-0.39, 0.29) is 11.1 Å². The molecule has 0 spiro atoms. The van der Waals surface area contributed by atoms with Crippen molar-refractivity contribution in [3.63, 3.8) is 0 Å². The monoisotopic (exact) mass is 374 g/mol. The molecule has 1 atom stereocenters. The van der Waals surface area contributed by atoms with Crippen molar-refractivity contribution in [2.45, 2.75) is 25.6 Å². The van der Waals surface area contributed by atoms with E-state index in [0.717, 1.165) is 5.56 Å². The molecule has 2 N–H and O–H groups in total. The summed E-state index contributed by atoms with van der Waals surface area (Å²) < 4.78 is 39.1. The molecule has 1 heterocycles. The second kappa shape index (κ2) is 7.26. The molecule has 0 radical (unpaired) electrons. The summed E-state index contributed by atoms with van der Waals surface area (Å²) in [6.07, 6.45) is -4.42. The number of halogens is 3. The van der Waals surface area contributed by atoms with Crippen LogP contribution in [0.5, 0.6) is 0 Å². The quantitative estimate of drug-likeness (QED) is 0.717. The highest BCUT2D eigenvalue weighted by Gasteiger charge is 2.33. The number of rotatable bonds is 4. The number of hydrogen-bond acceptors (Lipinski definition) is 2. The van der Waals surface area contributed by atoms with Crippen molar-refractivity contribution in [1.82, 2.24) is 10.3 Å². The van der Waals surface area contributed by atoms with Gasteiger partial charge in [-0.1, -0.05) is 48.0 Å². The predicted octanol–water partition coefficient (Wildman–Crippen LogP) is 4.26. The summed E-state index contributed by atoms with van der Waals surface area (Å²) in [5.74, 6) is -0.683. The highest BCUT2D eigenvalue weighted by atomic mass is 19.4. The van der Waals surface area contributed by atoms with Gasteiger partial charge in [0.2, 0.25) is 0 Å². The van der Waals surface area contributed by atoms with Crippen LogP contribution < -0.4 is 10.9 Å². The van der Waals surface area contributed by atoms with Crippen LogP contribution in [0.2, 0.25) is 0 Å².